The minimum absolute atomic E-state index is 0.583. The van der Waals surface area contributed by atoms with Gasteiger partial charge in [0.25, 0.3) is 0 Å². The standard InChI is InChI=1S/C12H20N2/c1-4-10-8-12-11(6-7-13-12)9(3)14(10)5-2/h6-7,9-10,13H,4-5,8H2,1-3H3/t9-,10+/m0/s1. The Balaban J connectivity index is 2.31. The lowest BCUT2D eigenvalue weighted by Crippen LogP contribution is -2.42. The van der Waals surface area contributed by atoms with Gasteiger partial charge < -0.3 is 4.98 Å². The summed E-state index contributed by atoms with van der Waals surface area (Å²) >= 11 is 0. The van der Waals surface area contributed by atoms with Gasteiger partial charge in [0.1, 0.15) is 0 Å². The third-order valence-corrected chi connectivity index (χ3v) is 3.56. The Morgan fingerprint density at radius 3 is 2.93 bits per heavy atom. The highest BCUT2D eigenvalue weighted by molar-refractivity contribution is 5.27. The highest BCUT2D eigenvalue weighted by atomic mass is 15.2. The molecule has 1 N–H and O–H groups in total. The summed E-state index contributed by atoms with van der Waals surface area (Å²) in [6.07, 6.45) is 4.51. The number of H-pyrrole nitrogens is 1. The smallest absolute Gasteiger partial charge is 0.0340 e. The van der Waals surface area contributed by atoms with Crippen molar-refractivity contribution in [3.8, 4) is 0 Å². The monoisotopic (exact) mass is 192 g/mol. The summed E-state index contributed by atoms with van der Waals surface area (Å²) < 4.78 is 0. The molecule has 1 aliphatic heterocycles. The molecule has 0 unspecified atom stereocenters. The van der Waals surface area contributed by atoms with Crippen LogP contribution >= 0.6 is 0 Å². The number of likely N-dealkylation sites (N-methyl/N-ethyl adjacent to an activating group) is 1. The largest absolute Gasteiger partial charge is 0.365 e. The molecule has 0 radical (unpaired) electrons. The van der Waals surface area contributed by atoms with Crippen LogP contribution in [0.1, 0.15) is 44.5 Å². The summed E-state index contributed by atoms with van der Waals surface area (Å²) in [6, 6.07) is 3.54. The molecule has 0 amide bonds. The van der Waals surface area contributed by atoms with Crippen LogP contribution in [0.3, 0.4) is 0 Å². The van der Waals surface area contributed by atoms with Gasteiger partial charge in [0.05, 0.1) is 0 Å². The minimum Gasteiger partial charge on any atom is -0.365 e. The Bertz CT molecular complexity index is 303. The number of fused-ring (bicyclic) bond motifs is 1. The molecule has 0 fully saturated rings. The molecule has 0 bridgehead atoms. The van der Waals surface area contributed by atoms with Crippen molar-refractivity contribution >= 4 is 0 Å². The van der Waals surface area contributed by atoms with Crippen molar-refractivity contribution < 1.29 is 0 Å². The topological polar surface area (TPSA) is 19.0 Å². The van der Waals surface area contributed by atoms with Crippen LogP contribution in [0.4, 0.5) is 0 Å². The molecule has 0 saturated heterocycles. The molecule has 2 heterocycles. The highest BCUT2D eigenvalue weighted by Crippen LogP contribution is 2.32. The summed E-state index contributed by atoms with van der Waals surface area (Å²) in [7, 11) is 0. The first-order valence-corrected chi connectivity index (χ1v) is 5.69. The zero-order chi connectivity index (χ0) is 10.1. The molecule has 0 spiro atoms. The van der Waals surface area contributed by atoms with E-state index in [1.165, 1.54) is 24.1 Å². The van der Waals surface area contributed by atoms with Crippen LogP contribution in [0.2, 0.25) is 0 Å². The quantitative estimate of drug-likeness (QED) is 0.763. The second-order valence-electron chi connectivity index (χ2n) is 4.18. The number of rotatable bonds is 2. The fourth-order valence-corrected chi connectivity index (χ4v) is 2.74. The van der Waals surface area contributed by atoms with Crippen molar-refractivity contribution in [2.24, 2.45) is 0 Å². The van der Waals surface area contributed by atoms with Crippen LogP contribution in [-0.2, 0) is 6.42 Å². The average Bonchev–Trinajstić information content (AvgIpc) is 2.65. The summed E-state index contributed by atoms with van der Waals surface area (Å²) in [5, 5.41) is 0. The van der Waals surface area contributed by atoms with Gasteiger partial charge in [-0.05, 0) is 31.5 Å². The molecule has 2 nitrogen and oxygen atoms in total. The highest BCUT2D eigenvalue weighted by Gasteiger charge is 2.29. The van der Waals surface area contributed by atoms with Crippen LogP contribution in [0.15, 0.2) is 12.3 Å². The van der Waals surface area contributed by atoms with Crippen LogP contribution in [0, 0.1) is 0 Å². The molecule has 0 saturated carbocycles. The van der Waals surface area contributed by atoms with Gasteiger partial charge in [0.15, 0.2) is 0 Å². The molecule has 1 aliphatic rings. The van der Waals surface area contributed by atoms with E-state index < -0.39 is 0 Å². The Kier molecular flexibility index (Phi) is 2.64. The van der Waals surface area contributed by atoms with E-state index in [2.05, 4.69) is 42.9 Å². The second-order valence-corrected chi connectivity index (χ2v) is 4.18. The molecule has 1 aromatic heterocycles. The van der Waals surface area contributed by atoms with Gasteiger partial charge in [-0.3, -0.25) is 4.90 Å². The Morgan fingerprint density at radius 1 is 1.50 bits per heavy atom. The van der Waals surface area contributed by atoms with E-state index in [9.17, 15) is 0 Å². The van der Waals surface area contributed by atoms with E-state index in [0.717, 1.165) is 12.6 Å². The molecule has 2 rings (SSSR count). The van der Waals surface area contributed by atoms with Gasteiger partial charge in [0.2, 0.25) is 0 Å². The van der Waals surface area contributed by atoms with Crippen molar-refractivity contribution in [3.63, 3.8) is 0 Å². The fraction of sp³-hybridized carbons (Fsp3) is 0.667. The number of aromatic nitrogens is 1. The number of hydrogen-bond acceptors (Lipinski definition) is 1. The van der Waals surface area contributed by atoms with E-state index in [-0.39, 0.29) is 0 Å². The number of hydrogen-bond donors (Lipinski definition) is 1. The maximum absolute atomic E-state index is 3.37. The van der Waals surface area contributed by atoms with Crippen molar-refractivity contribution in [2.75, 3.05) is 6.54 Å². The van der Waals surface area contributed by atoms with Gasteiger partial charge in [-0.1, -0.05) is 13.8 Å². The first-order valence-electron chi connectivity index (χ1n) is 5.69. The molecule has 78 valence electrons. The Labute approximate surface area is 86.3 Å². The second kappa shape index (κ2) is 3.77. The molecule has 0 aliphatic carbocycles. The lowest BCUT2D eigenvalue weighted by molar-refractivity contribution is 0.131. The summed E-state index contributed by atoms with van der Waals surface area (Å²) in [5.41, 5.74) is 2.95. The molecule has 14 heavy (non-hydrogen) atoms. The van der Waals surface area contributed by atoms with E-state index in [0.29, 0.717) is 6.04 Å². The summed E-state index contributed by atoms with van der Waals surface area (Å²) in [6.45, 7) is 8.02. The van der Waals surface area contributed by atoms with Crippen LogP contribution in [0.25, 0.3) is 0 Å². The first kappa shape index (κ1) is 9.78. The van der Waals surface area contributed by atoms with Crippen LogP contribution in [0.5, 0.6) is 0 Å². The summed E-state index contributed by atoms with van der Waals surface area (Å²) in [5.74, 6) is 0. The molecular formula is C12H20N2. The van der Waals surface area contributed by atoms with Gasteiger partial charge in [-0.25, -0.2) is 0 Å². The van der Waals surface area contributed by atoms with Crippen molar-refractivity contribution in [1.29, 1.82) is 0 Å². The maximum atomic E-state index is 3.37. The van der Waals surface area contributed by atoms with Crippen molar-refractivity contribution in [2.45, 2.75) is 45.7 Å². The average molecular weight is 192 g/mol. The number of aromatic amines is 1. The lowest BCUT2D eigenvalue weighted by atomic mass is 9.93. The van der Waals surface area contributed by atoms with E-state index in [4.69, 9.17) is 0 Å². The SMILES string of the molecule is CC[C@@H]1Cc2[nH]ccc2[C@H](C)N1CC. The van der Waals surface area contributed by atoms with Crippen molar-refractivity contribution in [3.05, 3.63) is 23.5 Å². The van der Waals surface area contributed by atoms with E-state index in [1.54, 1.807) is 0 Å². The lowest BCUT2D eigenvalue weighted by Gasteiger charge is -2.39. The minimum atomic E-state index is 0.583. The Morgan fingerprint density at radius 2 is 2.29 bits per heavy atom. The maximum Gasteiger partial charge on any atom is 0.0340 e. The molecule has 2 heteroatoms. The Hall–Kier alpha value is -0.760. The van der Waals surface area contributed by atoms with Gasteiger partial charge in [-0.15, -0.1) is 0 Å². The van der Waals surface area contributed by atoms with Crippen LogP contribution in [-0.4, -0.2) is 22.5 Å². The normalized spacial score (nSPS) is 27.6. The molecule has 0 aromatic carbocycles. The van der Waals surface area contributed by atoms with Crippen molar-refractivity contribution in [1.82, 2.24) is 9.88 Å². The third kappa shape index (κ3) is 1.38. The predicted molar refractivity (Wildman–Crippen MR) is 59.4 cm³/mol. The van der Waals surface area contributed by atoms with Crippen LogP contribution < -0.4 is 0 Å². The third-order valence-electron chi connectivity index (χ3n) is 3.56. The molecule has 2 atom stereocenters. The zero-order valence-corrected chi connectivity index (χ0v) is 9.38. The molecular weight excluding hydrogens is 172 g/mol. The van der Waals surface area contributed by atoms with E-state index >= 15 is 0 Å². The zero-order valence-electron chi connectivity index (χ0n) is 9.38. The predicted octanol–water partition coefficient (Wildman–Crippen LogP) is 2.73. The van der Waals surface area contributed by atoms with Gasteiger partial charge in [0, 0.05) is 30.4 Å². The van der Waals surface area contributed by atoms with Gasteiger partial charge in [-0.2, -0.15) is 0 Å². The molecule has 1 aromatic rings. The fourth-order valence-electron chi connectivity index (χ4n) is 2.74. The van der Waals surface area contributed by atoms with E-state index in [1.807, 2.05) is 0 Å². The number of nitrogens with zero attached hydrogens (tertiary/aromatic N) is 1. The number of nitrogens with one attached hydrogen (secondary N) is 1. The van der Waals surface area contributed by atoms with Gasteiger partial charge >= 0.3 is 0 Å². The summed E-state index contributed by atoms with van der Waals surface area (Å²) in [4.78, 5) is 5.98. The first-order chi connectivity index (χ1) is 6.77.